The molecule has 104 valence electrons. The molecule has 2 bridgehead atoms. The van der Waals surface area contributed by atoms with Gasteiger partial charge in [-0.25, -0.2) is 8.78 Å². The summed E-state index contributed by atoms with van der Waals surface area (Å²) in [5.41, 5.74) is 0.277. The first-order valence-corrected chi connectivity index (χ1v) is 7.05. The van der Waals surface area contributed by atoms with E-state index in [4.69, 9.17) is 0 Å². The third kappa shape index (κ3) is 1.78. The molecule has 2 saturated carbocycles. The lowest BCUT2D eigenvalue weighted by Crippen LogP contribution is -2.46. The molecule has 3 rings (SSSR count). The van der Waals surface area contributed by atoms with Gasteiger partial charge in [0, 0.05) is 6.04 Å². The molecule has 3 atom stereocenters. The van der Waals surface area contributed by atoms with Gasteiger partial charge in [0.15, 0.2) is 0 Å². The van der Waals surface area contributed by atoms with Gasteiger partial charge in [-0.2, -0.15) is 0 Å². The lowest BCUT2D eigenvalue weighted by atomic mass is 9.68. The van der Waals surface area contributed by atoms with Crippen molar-refractivity contribution in [2.75, 3.05) is 5.32 Å². The molecule has 2 aliphatic rings. The first-order chi connectivity index (χ1) is 8.84. The molecule has 0 aliphatic heterocycles. The fourth-order valence-corrected chi connectivity index (χ4v) is 4.44. The summed E-state index contributed by atoms with van der Waals surface area (Å²) in [5.74, 6) is -0.339. The second-order valence-electron chi connectivity index (χ2n) is 7.09. The van der Waals surface area contributed by atoms with Crippen LogP contribution in [0.5, 0.6) is 0 Å². The van der Waals surface area contributed by atoms with Crippen LogP contribution in [-0.4, -0.2) is 6.04 Å². The number of anilines is 1. The predicted molar refractivity (Wildman–Crippen MR) is 73.0 cm³/mol. The number of halogens is 2. The third-order valence-electron chi connectivity index (χ3n) is 5.52. The van der Waals surface area contributed by atoms with Gasteiger partial charge in [0.05, 0.1) is 0 Å². The molecule has 1 N–H and O–H groups in total. The van der Waals surface area contributed by atoms with Crippen molar-refractivity contribution >= 4 is 5.69 Å². The van der Waals surface area contributed by atoms with E-state index in [2.05, 4.69) is 26.1 Å². The van der Waals surface area contributed by atoms with E-state index < -0.39 is 11.6 Å². The highest BCUT2D eigenvalue weighted by Crippen LogP contribution is 2.63. The lowest BCUT2D eigenvalue weighted by Gasteiger charge is -2.43. The summed E-state index contributed by atoms with van der Waals surface area (Å²) < 4.78 is 27.6. The maximum absolute atomic E-state index is 13.8. The van der Waals surface area contributed by atoms with E-state index in [0.29, 0.717) is 5.92 Å². The molecule has 3 heteroatoms. The van der Waals surface area contributed by atoms with Crippen LogP contribution in [0.25, 0.3) is 0 Å². The van der Waals surface area contributed by atoms with E-state index in [1.807, 2.05) is 0 Å². The average molecular weight is 265 g/mol. The first-order valence-electron chi connectivity index (χ1n) is 7.05. The monoisotopic (exact) mass is 265 g/mol. The van der Waals surface area contributed by atoms with Crippen LogP contribution in [0.3, 0.4) is 0 Å². The number of fused-ring (bicyclic) bond motifs is 2. The molecule has 1 aromatic carbocycles. The van der Waals surface area contributed by atoms with Gasteiger partial charge in [-0.1, -0.05) is 26.8 Å². The summed E-state index contributed by atoms with van der Waals surface area (Å²) in [6.45, 7) is 6.69. The Kier molecular flexibility index (Phi) is 2.67. The summed E-state index contributed by atoms with van der Waals surface area (Å²) in [6.07, 6.45) is 3.55. The molecule has 0 radical (unpaired) electrons. The topological polar surface area (TPSA) is 12.0 Å². The van der Waals surface area contributed by atoms with Gasteiger partial charge in [-0.3, -0.25) is 0 Å². The van der Waals surface area contributed by atoms with Gasteiger partial charge in [-0.05, 0) is 48.1 Å². The number of hydrogen-bond acceptors (Lipinski definition) is 1. The van der Waals surface area contributed by atoms with Gasteiger partial charge in [0.1, 0.15) is 17.3 Å². The fourth-order valence-electron chi connectivity index (χ4n) is 4.44. The van der Waals surface area contributed by atoms with Crippen molar-refractivity contribution < 1.29 is 8.78 Å². The van der Waals surface area contributed by atoms with Gasteiger partial charge >= 0.3 is 0 Å². The zero-order chi connectivity index (χ0) is 13.8. The van der Waals surface area contributed by atoms with Crippen molar-refractivity contribution in [1.82, 2.24) is 0 Å². The van der Waals surface area contributed by atoms with E-state index in [1.54, 1.807) is 0 Å². The van der Waals surface area contributed by atoms with Crippen molar-refractivity contribution in [2.45, 2.75) is 46.1 Å². The summed E-state index contributed by atoms with van der Waals surface area (Å²) >= 11 is 0. The number of para-hydroxylation sites is 1. The Hall–Kier alpha value is -1.12. The number of benzene rings is 1. The second kappa shape index (κ2) is 3.94. The minimum atomic E-state index is -0.498. The molecule has 0 spiro atoms. The first kappa shape index (κ1) is 12.9. The van der Waals surface area contributed by atoms with Crippen LogP contribution in [0, 0.1) is 28.4 Å². The van der Waals surface area contributed by atoms with Crippen LogP contribution in [0.4, 0.5) is 14.5 Å². The fraction of sp³-hybridized carbons (Fsp3) is 0.625. The lowest BCUT2D eigenvalue weighted by molar-refractivity contribution is 0.155. The van der Waals surface area contributed by atoms with Crippen LogP contribution in [0.1, 0.15) is 40.0 Å². The molecule has 0 aromatic heterocycles. The SMILES string of the molecule is CC12CCC(C1)C(C)(C)C2Nc1c(F)cccc1F. The van der Waals surface area contributed by atoms with E-state index in [-0.39, 0.29) is 22.6 Å². The summed E-state index contributed by atoms with van der Waals surface area (Å²) in [7, 11) is 0. The zero-order valence-electron chi connectivity index (χ0n) is 11.8. The highest BCUT2D eigenvalue weighted by molar-refractivity contribution is 5.48. The quantitative estimate of drug-likeness (QED) is 0.824. The van der Waals surface area contributed by atoms with Crippen LogP contribution >= 0.6 is 0 Å². The van der Waals surface area contributed by atoms with E-state index in [1.165, 1.54) is 24.6 Å². The normalized spacial score (nSPS) is 35.6. The predicted octanol–water partition coefficient (Wildman–Crippen LogP) is 4.59. The third-order valence-corrected chi connectivity index (χ3v) is 5.52. The Labute approximate surface area is 113 Å². The van der Waals surface area contributed by atoms with Crippen molar-refractivity contribution in [3.63, 3.8) is 0 Å². The second-order valence-corrected chi connectivity index (χ2v) is 7.09. The van der Waals surface area contributed by atoms with Crippen LogP contribution in [0.15, 0.2) is 18.2 Å². The van der Waals surface area contributed by atoms with Gasteiger partial charge < -0.3 is 5.32 Å². The largest absolute Gasteiger partial charge is 0.376 e. The number of nitrogens with one attached hydrogen (secondary N) is 1. The molecule has 0 heterocycles. The van der Waals surface area contributed by atoms with Gasteiger partial charge in [0.2, 0.25) is 0 Å². The molecule has 1 aromatic rings. The molecule has 0 amide bonds. The number of hydrogen-bond donors (Lipinski definition) is 1. The van der Waals surface area contributed by atoms with Crippen LogP contribution in [0.2, 0.25) is 0 Å². The van der Waals surface area contributed by atoms with Gasteiger partial charge in [-0.15, -0.1) is 0 Å². The molecule has 19 heavy (non-hydrogen) atoms. The smallest absolute Gasteiger partial charge is 0.149 e. The maximum Gasteiger partial charge on any atom is 0.149 e. The van der Waals surface area contributed by atoms with Gasteiger partial charge in [0.25, 0.3) is 0 Å². The highest BCUT2D eigenvalue weighted by atomic mass is 19.1. The average Bonchev–Trinajstić information content (AvgIpc) is 2.78. The Bertz CT molecular complexity index is 486. The highest BCUT2D eigenvalue weighted by Gasteiger charge is 2.59. The standard InChI is InChI=1S/C16H21F2N/c1-15(2)10-7-8-16(3,9-10)14(15)19-13-11(17)5-4-6-12(13)18/h4-6,10,14,19H,7-9H2,1-3H3. The summed E-state index contributed by atoms with van der Waals surface area (Å²) in [5, 5.41) is 3.19. The summed E-state index contributed by atoms with van der Waals surface area (Å²) in [4.78, 5) is 0. The van der Waals surface area contributed by atoms with E-state index in [9.17, 15) is 8.78 Å². The molecule has 3 unspecified atom stereocenters. The molecule has 1 nitrogen and oxygen atoms in total. The molecule has 0 saturated heterocycles. The minimum absolute atomic E-state index is 0.0364. The van der Waals surface area contributed by atoms with Crippen LogP contribution < -0.4 is 5.32 Å². The molecule has 2 aliphatic carbocycles. The van der Waals surface area contributed by atoms with Crippen molar-refractivity contribution in [3.05, 3.63) is 29.8 Å². The molecular weight excluding hydrogens is 244 g/mol. The van der Waals surface area contributed by atoms with Crippen molar-refractivity contribution in [1.29, 1.82) is 0 Å². The Morgan fingerprint density at radius 3 is 2.32 bits per heavy atom. The van der Waals surface area contributed by atoms with Crippen molar-refractivity contribution in [2.24, 2.45) is 16.7 Å². The van der Waals surface area contributed by atoms with E-state index in [0.717, 1.165) is 12.8 Å². The van der Waals surface area contributed by atoms with Crippen molar-refractivity contribution in [3.8, 4) is 0 Å². The molecular formula is C16H21F2N. The zero-order valence-corrected chi connectivity index (χ0v) is 11.8. The Morgan fingerprint density at radius 1 is 1.16 bits per heavy atom. The van der Waals surface area contributed by atoms with E-state index >= 15 is 0 Å². The molecule has 2 fully saturated rings. The van der Waals surface area contributed by atoms with Crippen LogP contribution in [-0.2, 0) is 0 Å². The summed E-state index contributed by atoms with van der Waals surface area (Å²) in [6, 6.07) is 4.16. The Balaban J connectivity index is 1.95. The maximum atomic E-state index is 13.8. The minimum Gasteiger partial charge on any atom is -0.376 e. The number of rotatable bonds is 2. The Morgan fingerprint density at radius 2 is 1.79 bits per heavy atom.